The number of rotatable bonds is 4. The van der Waals surface area contributed by atoms with E-state index in [-0.39, 0.29) is 12.6 Å². The molecule has 0 unspecified atom stereocenters. The molecule has 3 heterocycles. The Hall–Kier alpha value is -3.39. The Labute approximate surface area is 156 Å². The topological polar surface area (TPSA) is 68.9 Å². The molecule has 0 fully saturated rings. The van der Waals surface area contributed by atoms with E-state index in [2.05, 4.69) is 15.5 Å². The molecule has 0 amide bonds. The maximum Gasteiger partial charge on any atom is 0.231 e. The van der Waals surface area contributed by atoms with Crippen molar-refractivity contribution in [2.24, 2.45) is 5.10 Å². The molecule has 2 aromatic heterocycles. The lowest BCUT2D eigenvalue weighted by atomic mass is 10.2. The summed E-state index contributed by atoms with van der Waals surface area (Å²) in [5.74, 6) is 1.84. The van der Waals surface area contributed by atoms with Crippen molar-refractivity contribution >= 4 is 33.7 Å². The van der Waals surface area contributed by atoms with Crippen molar-refractivity contribution in [3.8, 4) is 22.1 Å². The van der Waals surface area contributed by atoms with Gasteiger partial charge in [-0.1, -0.05) is 23.5 Å². The van der Waals surface area contributed by atoms with Crippen molar-refractivity contribution in [1.82, 2.24) is 4.98 Å². The third kappa shape index (κ3) is 3.11. The highest BCUT2D eigenvalue weighted by molar-refractivity contribution is 7.18. The summed E-state index contributed by atoms with van der Waals surface area (Å²) in [5, 5.41) is 5.68. The number of aromatic nitrogens is 1. The van der Waals surface area contributed by atoms with Gasteiger partial charge >= 0.3 is 0 Å². The summed E-state index contributed by atoms with van der Waals surface area (Å²) in [7, 11) is 0. The van der Waals surface area contributed by atoms with Crippen LogP contribution in [0.4, 0.5) is 9.52 Å². The first kappa shape index (κ1) is 15.8. The van der Waals surface area contributed by atoms with Gasteiger partial charge in [0, 0.05) is 11.5 Å². The molecule has 0 bridgehead atoms. The van der Waals surface area contributed by atoms with E-state index in [0.29, 0.717) is 16.6 Å². The van der Waals surface area contributed by atoms with Crippen LogP contribution in [0.15, 0.2) is 58.2 Å². The van der Waals surface area contributed by atoms with Crippen LogP contribution in [0.3, 0.4) is 0 Å². The van der Waals surface area contributed by atoms with Gasteiger partial charge in [-0.15, -0.1) is 0 Å². The molecule has 2 aromatic carbocycles. The number of benzene rings is 2. The molecule has 134 valence electrons. The van der Waals surface area contributed by atoms with E-state index < -0.39 is 0 Å². The summed E-state index contributed by atoms with van der Waals surface area (Å²) in [6, 6.07) is 11.7. The maximum atomic E-state index is 12.9. The second kappa shape index (κ2) is 6.40. The van der Waals surface area contributed by atoms with Crippen LogP contribution in [0.2, 0.25) is 0 Å². The Balaban J connectivity index is 1.34. The Kier molecular flexibility index (Phi) is 3.75. The summed E-state index contributed by atoms with van der Waals surface area (Å²) in [6.07, 6.45) is 3.32. The van der Waals surface area contributed by atoms with Gasteiger partial charge in [-0.2, -0.15) is 5.10 Å². The summed E-state index contributed by atoms with van der Waals surface area (Å²) < 4.78 is 29.6. The highest BCUT2D eigenvalue weighted by atomic mass is 32.1. The maximum absolute atomic E-state index is 12.9. The molecule has 0 saturated carbocycles. The normalized spacial score (nSPS) is 12.9. The molecule has 0 atom stereocenters. The third-order valence-electron chi connectivity index (χ3n) is 4.00. The molecule has 1 N–H and O–H groups in total. The van der Waals surface area contributed by atoms with Gasteiger partial charge in [0.1, 0.15) is 17.2 Å². The van der Waals surface area contributed by atoms with Crippen LogP contribution >= 0.6 is 11.3 Å². The molecule has 1 aliphatic rings. The lowest BCUT2D eigenvalue weighted by Crippen LogP contribution is -1.92. The van der Waals surface area contributed by atoms with Gasteiger partial charge in [0.15, 0.2) is 11.5 Å². The van der Waals surface area contributed by atoms with Crippen LogP contribution in [-0.2, 0) is 0 Å². The molecule has 0 radical (unpaired) electrons. The number of hydrogen-bond acceptors (Lipinski definition) is 7. The second-order valence-corrected chi connectivity index (χ2v) is 6.84. The van der Waals surface area contributed by atoms with E-state index in [1.54, 1.807) is 24.5 Å². The first-order valence-electron chi connectivity index (χ1n) is 8.09. The Morgan fingerprint density at radius 1 is 1.11 bits per heavy atom. The van der Waals surface area contributed by atoms with Crippen LogP contribution in [0, 0.1) is 5.82 Å². The van der Waals surface area contributed by atoms with E-state index in [1.165, 1.54) is 23.5 Å². The monoisotopic (exact) mass is 381 g/mol. The number of nitrogens with zero attached hydrogens (tertiary/aromatic N) is 2. The predicted octanol–water partition coefficient (Wildman–Crippen LogP) is 4.87. The van der Waals surface area contributed by atoms with Crippen LogP contribution in [0.5, 0.6) is 11.5 Å². The van der Waals surface area contributed by atoms with Crippen LogP contribution in [-0.4, -0.2) is 18.0 Å². The average Bonchev–Trinajstić information content (AvgIpc) is 3.39. The van der Waals surface area contributed by atoms with Gasteiger partial charge in [-0.3, -0.25) is 5.43 Å². The smallest absolute Gasteiger partial charge is 0.231 e. The van der Waals surface area contributed by atoms with E-state index in [0.717, 1.165) is 27.2 Å². The standard InChI is InChI=1S/C19H12FN3O3S/c20-13-3-1-11(2-4-13)8-22-23-19-21-9-18(27-19)17-6-12-5-15-16(25-10-24-15)7-14(12)26-17/h1-9H,10H2,(H,21,23)/b22-8+. The third-order valence-corrected chi connectivity index (χ3v) is 4.92. The van der Waals surface area contributed by atoms with Crippen LogP contribution < -0.4 is 14.9 Å². The fourth-order valence-corrected chi connectivity index (χ4v) is 3.42. The number of ether oxygens (including phenoxy) is 2. The summed E-state index contributed by atoms with van der Waals surface area (Å²) in [5.41, 5.74) is 4.39. The average molecular weight is 381 g/mol. The second-order valence-electron chi connectivity index (χ2n) is 5.81. The lowest BCUT2D eigenvalue weighted by Gasteiger charge is -1.94. The minimum Gasteiger partial charge on any atom is -0.455 e. The van der Waals surface area contributed by atoms with E-state index in [9.17, 15) is 4.39 Å². The number of nitrogens with one attached hydrogen (secondary N) is 1. The molecule has 5 rings (SSSR count). The predicted molar refractivity (Wildman–Crippen MR) is 101 cm³/mol. The molecule has 0 spiro atoms. The fraction of sp³-hybridized carbons (Fsp3) is 0.0526. The van der Waals surface area contributed by atoms with Gasteiger partial charge < -0.3 is 13.9 Å². The minimum atomic E-state index is -0.279. The van der Waals surface area contributed by atoms with Crippen molar-refractivity contribution in [1.29, 1.82) is 0 Å². The summed E-state index contributed by atoms with van der Waals surface area (Å²) >= 11 is 1.41. The minimum absolute atomic E-state index is 0.233. The Bertz CT molecular complexity index is 1110. The molecule has 4 aromatic rings. The van der Waals surface area contributed by atoms with Crippen molar-refractivity contribution in [3.63, 3.8) is 0 Å². The molecular weight excluding hydrogens is 369 g/mol. The molecule has 6 nitrogen and oxygen atoms in total. The van der Waals surface area contributed by atoms with Gasteiger partial charge in [0.05, 0.1) is 17.3 Å². The highest BCUT2D eigenvalue weighted by Gasteiger charge is 2.17. The van der Waals surface area contributed by atoms with Crippen molar-refractivity contribution in [2.45, 2.75) is 0 Å². The molecule has 0 aliphatic carbocycles. The molecule has 27 heavy (non-hydrogen) atoms. The highest BCUT2D eigenvalue weighted by Crippen LogP contribution is 2.40. The van der Waals surface area contributed by atoms with Crippen molar-refractivity contribution in [3.05, 3.63) is 60.0 Å². The Morgan fingerprint density at radius 2 is 1.93 bits per heavy atom. The number of halogens is 1. The van der Waals surface area contributed by atoms with E-state index >= 15 is 0 Å². The number of thiazole rings is 1. The summed E-state index contributed by atoms with van der Waals surface area (Å²) in [6.45, 7) is 0.233. The van der Waals surface area contributed by atoms with Gasteiger partial charge in [-0.25, -0.2) is 9.37 Å². The number of hydrogen-bond donors (Lipinski definition) is 1. The zero-order valence-corrected chi connectivity index (χ0v) is 14.6. The molecule has 0 saturated heterocycles. The van der Waals surface area contributed by atoms with E-state index in [4.69, 9.17) is 13.9 Å². The first-order valence-corrected chi connectivity index (χ1v) is 8.90. The molecule has 1 aliphatic heterocycles. The number of anilines is 1. The first-order chi connectivity index (χ1) is 13.2. The van der Waals surface area contributed by atoms with Crippen LogP contribution in [0.25, 0.3) is 21.6 Å². The molecular formula is C19H12FN3O3S. The van der Waals surface area contributed by atoms with Gasteiger partial charge in [0.2, 0.25) is 11.9 Å². The van der Waals surface area contributed by atoms with Gasteiger partial charge in [-0.05, 0) is 29.8 Å². The van der Waals surface area contributed by atoms with Gasteiger partial charge in [0.25, 0.3) is 0 Å². The number of hydrazone groups is 1. The number of furan rings is 1. The van der Waals surface area contributed by atoms with Crippen molar-refractivity contribution in [2.75, 3.05) is 12.2 Å². The van der Waals surface area contributed by atoms with E-state index in [1.807, 2.05) is 18.2 Å². The van der Waals surface area contributed by atoms with Crippen molar-refractivity contribution < 1.29 is 18.3 Å². The zero-order chi connectivity index (χ0) is 18.2. The SMILES string of the molecule is Fc1ccc(/C=N/Nc2ncc(-c3cc4cc5c(cc4o3)OCO5)s2)cc1. The fourth-order valence-electron chi connectivity index (χ4n) is 2.70. The quantitative estimate of drug-likeness (QED) is 0.403. The largest absolute Gasteiger partial charge is 0.455 e. The lowest BCUT2D eigenvalue weighted by molar-refractivity contribution is 0.174. The van der Waals surface area contributed by atoms with Crippen LogP contribution in [0.1, 0.15) is 5.56 Å². The molecule has 8 heteroatoms. The number of fused-ring (bicyclic) bond motifs is 2. The summed E-state index contributed by atoms with van der Waals surface area (Å²) in [4.78, 5) is 5.16. The zero-order valence-electron chi connectivity index (χ0n) is 13.8. The Morgan fingerprint density at radius 3 is 2.78 bits per heavy atom.